The van der Waals surface area contributed by atoms with Crippen LogP contribution in [-0.2, 0) is 10.0 Å². The Morgan fingerprint density at radius 1 is 1.21 bits per heavy atom. The Bertz CT molecular complexity index is 1110. The highest BCUT2D eigenvalue weighted by Gasteiger charge is 2.53. The molecule has 0 radical (unpaired) electrons. The van der Waals surface area contributed by atoms with Crippen LogP contribution in [0.25, 0.3) is 0 Å². The van der Waals surface area contributed by atoms with Crippen molar-refractivity contribution < 1.29 is 17.6 Å². The molecule has 1 amide bonds. The molecule has 180 valence electrons. The van der Waals surface area contributed by atoms with Crippen molar-refractivity contribution in [2.24, 2.45) is 10.8 Å². The molecule has 4 rings (SSSR count). The van der Waals surface area contributed by atoms with E-state index in [0.717, 1.165) is 25.0 Å². The summed E-state index contributed by atoms with van der Waals surface area (Å²) in [7, 11) is 0.147. The van der Waals surface area contributed by atoms with E-state index in [1.807, 2.05) is 31.1 Å². The fourth-order valence-corrected chi connectivity index (χ4v) is 7.75. The van der Waals surface area contributed by atoms with E-state index in [1.165, 1.54) is 6.07 Å². The summed E-state index contributed by atoms with van der Waals surface area (Å²) in [5.74, 6) is 0.451. The number of fused-ring (bicyclic) bond motifs is 2. The van der Waals surface area contributed by atoms with Crippen molar-refractivity contribution in [3.05, 3.63) is 54.0 Å². The van der Waals surface area contributed by atoms with Gasteiger partial charge in [0.2, 0.25) is 10.0 Å². The second kappa shape index (κ2) is 8.56. The molecule has 7 nitrogen and oxygen atoms in total. The molecule has 33 heavy (non-hydrogen) atoms. The first-order chi connectivity index (χ1) is 15.4. The molecule has 2 aliphatic rings. The maximum Gasteiger partial charge on any atom is 0.251 e. The maximum atomic E-state index is 13.6. The first-order valence-corrected chi connectivity index (χ1v) is 12.9. The van der Waals surface area contributed by atoms with E-state index in [4.69, 9.17) is 4.42 Å². The van der Waals surface area contributed by atoms with E-state index in [2.05, 4.69) is 26.1 Å². The van der Waals surface area contributed by atoms with Gasteiger partial charge in [-0.05, 0) is 74.5 Å². The van der Waals surface area contributed by atoms with Crippen LogP contribution in [0.3, 0.4) is 0 Å². The van der Waals surface area contributed by atoms with Crippen LogP contribution in [0, 0.1) is 10.8 Å². The number of nitrogens with one attached hydrogen (secondary N) is 1. The van der Waals surface area contributed by atoms with Gasteiger partial charge < -0.3 is 9.73 Å². The molecule has 2 heterocycles. The smallest absolute Gasteiger partial charge is 0.251 e. The van der Waals surface area contributed by atoms with Gasteiger partial charge in [0.25, 0.3) is 5.91 Å². The average Bonchev–Trinajstić information content (AvgIpc) is 3.33. The summed E-state index contributed by atoms with van der Waals surface area (Å²) in [5.41, 5.74) is 0.462. The first-order valence-electron chi connectivity index (χ1n) is 11.5. The van der Waals surface area contributed by atoms with Crippen molar-refractivity contribution in [2.75, 3.05) is 27.2 Å². The zero-order valence-corrected chi connectivity index (χ0v) is 21.0. The molecule has 1 N–H and O–H groups in total. The van der Waals surface area contributed by atoms with Gasteiger partial charge in [-0.1, -0.05) is 26.8 Å². The topological polar surface area (TPSA) is 82.9 Å². The first kappa shape index (κ1) is 24.0. The minimum Gasteiger partial charge on any atom is -0.468 e. The highest BCUT2D eigenvalue weighted by Crippen LogP contribution is 2.53. The quantitative estimate of drug-likeness (QED) is 0.659. The molecular formula is C25H35N3O4S. The molecule has 8 heteroatoms. The SMILES string of the molecule is CN(C)[C@@H](CNC(=O)c1cccc(S(=O)(=O)N2C[C@@]3(C)C[C@H]2CC(C)(C)C3)c1)c1ccco1. The van der Waals surface area contributed by atoms with Crippen LogP contribution in [0.5, 0.6) is 0 Å². The number of hydrogen-bond acceptors (Lipinski definition) is 5. The van der Waals surface area contributed by atoms with Gasteiger partial charge in [-0.3, -0.25) is 9.69 Å². The van der Waals surface area contributed by atoms with Crippen molar-refractivity contribution in [1.82, 2.24) is 14.5 Å². The standard InChI is InChI=1S/C25H35N3O4S/c1-24(2)13-19-14-25(3,16-24)17-28(19)33(30,31)20-9-6-8-18(12-20)23(29)26-15-21(27(4)5)22-10-7-11-32-22/h6-12,19,21H,13-17H2,1-5H3,(H,26,29)/t19-,21+,25+/m1/s1. The molecule has 1 aliphatic carbocycles. The van der Waals surface area contributed by atoms with Crippen LogP contribution in [-0.4, -0.2) is 56.8 Å². The molecule has 1 aromatic carbocycles. The van der Waals surface area contributed by atoms with Crippen molar-refractivity contribution in [1.29, 1.82) is 0 Å². The van der Waals surface area contributed by atoms with Gasteiger partial charge in [-0.15, -0.1) is 0 Å². The lowest BCUT2D eigenvalue weighted by atomic mass is 9.65. The molecule has 0 spiro atoms. The van der Waals surface area contributed by atoms with Crippen LogP contribution >= 0.6 is 0 Å². The normalized spacial score (nSPS) is 25.8. The largest absolute Gasteiger partial charge is 0.468 e. The summed E-state index contributed by atoms with van der Waals surface area (Å²) < 4.78 is 34.4. The molecule has 2 bridgehead atoms. The van der Waals surface area contributed by atoms with Gasteiger partial charge in [0.05, 0.1) is 17.2 Å². The number of nitrogens with zero attached hydrogens (tertiary/aromatic N) is 2. The molecule has 1 aromatic heterocycles. The van der Waals surface area contributed by atoms with E-state index in [0.29, 0.717) is 18.7 Å². The van der Waals surface area contributed by atoms with Gasteiger partial charge in [0, 0.05) is 24.7 Å². The highest BCUT2D eigenvalue weighted by atomic mass is 32.2. The monoisotopic (exact) mass is 473 g/mol. The minimum absolute atomic E-state index is 0.00150. The molecular weight excluding hydrogens is 438 g/mol. The van der Waals surface area contributed by atoms with Crippen LogP contribution < -0.4 is 5.32 Å². The predicted molar refractivity (Wildman–Crippen MR) is 127 cm³/mol. The van der Waals surface area contributed by atoms with Crippen LogP contribution in [0.15, 0.2) is 52.0 Å². The van der Waals surface area contributed by atoms with E-state index >= 15 is 0 Å². The second-order valence-electron chi connectivity index (χ2n) is 11.0. The molecule has 3 atom stereocenters. The Hall–Kier alpha value is -2.16. The summed E-state index contributed by atoms with van der Waals surface area (Å²) in [6, 6.07) is 9.96. The zero-order valence-electron chi connectivity index (χ0n) is 20.2. The lowest BCUT2D eigenvalue weighted by Gasteiger charge is -2.39. The number of benzene rings is 1. The van der Waals surface area contributed by atoms with Gasteiger partial charge in [-0.25, -0.2) is 8.42 Å². The lowest BCUT2D eigenvalue weighted by molar-refractivity contribution is 0.0938. The summed E-state index contributed by atoms with van der Waals surface area (Å²) in [5, 5.41) is 2.92. The Balaban J connectivity index is 1.51. The molecule has 1 saturated heterocycles. The maximum absolute atomic E-state index is 13.6. The molecule has 1 aliphatic heterocycles. The van der Waals surface area contributed by atoms with Crippen LogP contribution in [0.1, 0.15) is 62.2 Å². The van der Waals surface area contributed by atoms with Gasteiger partial charge in [0.15, 0.2) is 0 Å². The number of hydrogen-bond donors (Lipinski definition) is 1. The van der Waals surface area contributed by atoms with Gasteiger partial charge >= 0.3 is 0 Å². The number of furan rings is 1. The minimum atomic E-state index is -3.69. The summed E-state index contributed by atoms with van der Waals surface area (Å²) in [6.45, 7) is 7.52. The van der Waals surface area contributed by atoms with E-state index in [1.54, 1.807) is 28.8 Å². The summed E-state index contributed by atoms with van der Waals surface area (Å²) >= 11 is 0. The predicted octanol–water partition coefficient (Wildman–Crippen LogP) is 3.90. The Kier molecular flexibility index (Phi) is 6.22. The second-order valence-corrected chi connectivity index (χ2v) is 12.9. The fraction of sp³-hybridized carbons (Fsp3) is 0.560. The van der Waals surface area contributed by atoms with Gasteiger partial charge in [0.1, 0.15) is 5.76 Å². The van der Waals surface area contributed by atoms with E-state index in [9.17, 15) is 13.2 Å². The third-order valence-electron chi connectivity index (χ3n) is 7.02. The van der Waals surface area contributed by atoms with Crippen molar-refractivity contribution >= 4 is 15.9 Å². The number of sulfonamides is 1. The Morgan fingerprint density at radius 2 is 1.97 bits per heavy atom. The molecule has 2 aromatic rings. The van der Waals surface area contributed by atoms with Crippen molar-refractivity contribution in [3.63, 3.8) is 0 Å². The number of amides is 1. The van der Waals surface area contributed by atoms with Crippen LogP contribution in [0.2, 0.25) is 0 Å². The molecule has 1 saturated carbocycles. The Morgan fingerprint density at radius 3 is 2.64 bits per heavy atom. The number of likely N-dealkylation sites (N-methyl/N-ethyl adjacent to an activating group) is 1. The van der Waals surface area contributed by atoms with Crippen LogP contribution in [0.4, 0.5) is 0 Å². The third kappa shape index (κ3) is 4.88. The van der Waals surface area contributed by atoms with Crippen molar-refractivity contribution in [2.45, 2.75) is 57.0 Å². The average molecular weight is 474 g/mol. The lowest BCUT2D eigenvalue weighted by Crippen LogP contribution is -2.38. The third-order valence-corrected chi connectivity index (χ3v) is 8.91. The fourth-order valence-electron chi connectivity index (χ4n) is 5.93. The van der Waals surface area contributed by atoms with E-state index in [-0.39, 0.29) is 33.7 Å². The molecule has 2 fully saturated rings. The van der Waals surface area contributed by atoms with E-state index < -0.39 is 10.0 Å². The Labute approximate surface area is 197 Å². The summed E-state index contributed by atoms with van der Waals surface area (Å²) in [6.07, 6.45) is 4.39. The van der Waals surface area contributed by atoms with Gasteiger partial charge in [-0.2, -0.15) is 4.31 Å². The zero-order chi connectivity index (χ0) is 24.0. The number of rotatable bonds is 7. The highest BCUT2D eigenvalue weighted by molar-refractivity contribution is 7.89. The number of carbonyl (C=O) groups excluding carboxylic acids is 1. The number of carbonyl (C=O) groups is 1. The van der Waals surface area contributed by atoms with Crippen molar-refractivity contribution in [3.8, 4) is 0 Å². The summed E-state index contributed by atoms with van der Waals surface area (Å²) in [4.78, 5) is 15.0. The molecule has 0 unspecified atom stereocenters.